The first kappa shape index (κ1) is 12.7. The van der Waals surface area contributed by atoms with Crippen molar-refractivity contribution in [3.8, 4) is 11.5 Å². The van der Waals surface area contributed by atoms with Crippen LogP contribution in [0.1, 0.15) is 24.8 Å². The first-order valence-corrected chi connectivity index (χ1v) is 6.77. The summed E-state index contributed by atoms with van der Waals surface area (Å²) in [4.78, 5) is 0. The van der Waals surface area contributed by atoms with Crippen molar-refractivity contribution in [3.63, 3.8) is 0 Å². The van der Waals surface area contributed by atoms with Crippen LogP contribution in [0.5, 0.6) is 11.5 Å². The molecule has 4 heteroatoms. The number of hydrogen-bond acceptors (Lipinski definition) is 3. The Balaban J connectivity index is 2.29. The molecule has 1 aliphatic rings. The van der Waals surface area contributed by atoms with E-state index in [0.717, 1.165) is 40.8 Å². The van der Waals surface area contributed by atoms with E-state index in [1.807, 2.05) is 6.07 Å². The molecule has 1 aromatic carbocycles. The third-order valence-corrected chi connectivity index (χ3v) is 3.52. The molecule has 3 nitrogen and oxygen atoms in total. The van der Waals surface area contributed by atoms with E-state index in [9.17, 15) is 0 Å². The SMILES string of the molecule is COc1cc(Br)cc(CCN)c1OC1CCC1. The van der Waals surface area contributed by atoms with Crippen molar-refractivity contribution >= 4 is 15.9 Å². The van der Waals surface area contributed by atoms with Gasteiger partial charge in [0.15, 0.2) is 11.5 Å². The van der Waals surface area contributed by atoms with Crippen LogP contribution in [0.2, 0.25) is 0 Å². The molecule has 0 unspecified atom stereocenters. The Morgan fingerprint density at radius 1 is 1.41 bits per heavy atom. The second kappa shape index (κ2) is 5.74. The van der Waals surface area contributed by atoms with Crippen molar-refractivity contribution in [2.75, 3.05) is 13.7 Å². The van der Waals surface area contributed by atoms with Crippen molar-refractivity contribution in [3.05, 3.63) is 22.2 Å². The molecule has 2 rings (SSSR count). The summed E-state index contributed by atoms with van der Waals surface area (Å²) in [5.41, 5.74) is 6.75. The van der Waals surface area contributed by atoms with Crippen LogP contribution in [0.15, 0.2) is 16.6 Å². The summed E-state index contributed by atoms with van der Waals surface area (Å²) in [6, 6.07) is 4.00. The lowest BCUT2D eigenvalue weighted by molar-refractivity contribution is 0.115. The van der Waals surface area contributed by atoms with Crippen LogP contribution < -0.4 is 15.2 Å². The van der Waals surface area contributed by atoms with Gasteiger partial charge in [-0.2, -0.15) is 0 Å². The maximum atomic E-state index is 6.01. The summed E-state index contributed by atoms with van der Waals surface area (Å²) in [6.45, 7) is 0.612. The van der Waals surface area contributed by atoms with Crippen molar-refractivity contribution < 1.29 is 9.47 Å². The Kier molecular flexibility index (Phi) is 4.29. The fourth-order valence-corrected chi connectivity index (χ4v) is 2.39. The summed E-state index contributed by atoms with van der Waals surface area (Å²) < 4.78 is 12.4. The lowest BCUT2D eigenvalue weighted by atomic mass is 9.96. The third-order valence-electron chi connectivity index (χ3n) is 3.07. The van der Waals surface area contributed by atoms with Gasteiger partial charge in [-0.25, -0.2) is 0 Å². The lowest BCUT2D eigenvalue weighted by Gasteiger charge is -2.28. The van der Waals surface area contributed by atoms with Crippen LogP contribution >= 0.6 is 15.9 Å². The van der Waals surface area contributed by atoms with Gasteiger partial charge < -0.3 is 15.2 Å². The molecule has 0 radical (unpaired) electrons. The van der Waals surface area contributed by atoms with Gasteiger partial charge in [0.1, 0.15) is 0 Å². The van der Waals surface area contributed by atoms with Crippen molar-refractivity contribution in [2.45, 2.75) is 31.8 Å². The highest BCUT2D eigenvalue weighted by atomic mass is 79.9. The highest BCUT2D eigenvalue weighted by molar-refractivity contribution is 9.10. The van der Waals surface area contributed by atoms with Crippen LogP contribution in [0.3, 0.4) is 0 Å². The highest BCUT2D eigenvalue weighted by Gasteiger charge is 2.22. The summed E-state index contributed by atoms with van der Waals surface area (Å²) in [5, 5.41) is 0. The lowest BCUT2D eigenvalue weighted by Crippen LogP contribution is -2.25. The maximum Gasteiger partial charge on any atom is 0.164 e. The molecule has 94 valence electrons. The fourth-order valence-electron chi connectivity index (χ4n) is 1.90. The zero-order valence-electron chi connectivity index (χ0n) is 10.0. The predicted molar refractivity (Wildman–Crippen MR) is 71.7 cm³/mol. The first-order valence-electron chi connectivity index (χ1n) is 5.97. The van der Waals surface area contributed by atoms with Gasteiger partial charge in [0.2, 0.25) is 0 Å². The molecule has 2 N–H and O–H groups in total. The van der Waals surface area contributed by atoms with Gasteiger partial charge in [-0.3, -0.25) is 0 Å². The summed E-state index contributed by atoms with van der Waals surface area (Å²) in [5.74, 6) is 1.65. The van der Waals surface area contributed by atoms with Gasteiger partial charge in [-0.15, -0.1) is 0 Å². The normalized spacial score (nSPS) is 15.5. The van der Waals surface area contributed by atoms with Gasteiger partial charge >= 0.3 is 0 Å². The van der Waals surface area contributed by atoms with Gasteiger partial charge in [0, 0.05) is 10.0 Å². The smallest absolute Gasteiger partial charge is 0.164 e. The Morgan fingerprint density at radius 2 is 2.18 bits per heavy atom. The molecule has 1 aromatic rings. The molecule has 1 saturated carbocycles. The van der Waals surface area contributed by atoms with Gasteiger partial charge in [-0.05, 0) is 44.4 Å². The molecule has 0 heterocycles. The number of hydrogen-bond donors (Lipinski definition) is 1. The maximum absolute atomic E-state index is 6.01. The number of methoxy groups -OCH3 is 1. The summed E-state index contributed by atoms with van der Waals surface area (Å²) in [7, 11) is 1.67. The third kappa shape index (κ3) is 2.93. The largest absolute Gasteiger partial charge is 0.493 e. The number of rotatable bonds is 5. The van der Waals surface area contributed by atoms with E-state index in [1.165, 1.54) is 6.42 Å². The Labute approximate surface area is 110 Å². The monoisotopic (exact) mass is 299 g/mol. The van der Waals surface area contributed by atoms with E-state index >= 15 is 0 Å². The van der Waals surface area contributed by atoms with Crippen molar-refractivity contribution in [1.29, 1.82) is 0 Å². The molecule has 1 fully saturated rings. The van der Waals surface area contributed by atoms with Gasteiger partial charge in [-0.1, -0.05) is 15.9 Å². The molecule has 0 atom stereocenters. The molecule has 1 aliphatic carbocycles. The quantitative estimate of drug-likeness (QED) is 0.909. The van der Waals surface area contributed by atoms with Crippen molar-refractivity contribution in [1.82, 2.24) is 0 Å². The molecule has 0 saturated heterocycles. The standard InChI is InChI=1S/C13H18BrNO2/c1-16-12-8-10(14)7-9(5-6-15)13(12)17-11-3-2-4-11/h7-8,11H,2-6,15H2,1H3. The van der Waals surface area contributed by atoms with Crippen molar-refractivity contribution in [2.24, 2.45) is 5.73 Å². The number of halogens is 1. The van der Waals surface area contributed by atoms with Gasteiger partial charge in [0.05, 0.1) is 13.2 Å². The Morgan fingerprint density at radius 3 is 2.71 bits per heavy atom. The number of nitrogens with two attached hydrogens (primary N) is 1. The molecular formula is C13H18BrNO2. The Bertz CT molecular complexity index is 391. The molecule has 0 aliphatic heterocycles. The van der Waals surface area contributed by atoms with Crippen LogP contribution in [0.4, 0.5) is 0 Å². The molecule has 17 heavy (non-hydrogen) atoms. The zero-order valence-corrected chi connectivity index (χ0v) is 11.6. The van der Waals surface area contributed by atoms with E-state index in [1.54, 1.807) is 7.11 Å². The topological polar surface area (TPSA) is 44.5 Å². The average Bonchev–Trinajstić information content (AvgIpc) is 2.25. The van der Waals surface area contributed by atoms with E-state index < -0.39 is 0 Å². The van der Waals surface area contributed by atoms with E-state index in [4.69, 9.17) is 15.2 Å². The molecular weight excluding hydrogens is 282 g/mol. The van der Waals surface area contributed by atoms with E-state index in [-0.39, 0.29) is 0 Å². The second-order valence-corrected chi connectivity index (χ2v) is 5.22. The minimum Gasteiger partial charge on any atom is -0.493 e. The summed E-state index contributed by atoms with van der Waals surface area (Å²) in [6.07, 6.45) is 4.69. The highest BCUT2D eigenvalue weighted by Crippen LogP contribution is 2.38. The average molecular weight is 300 g/mol. The van der Waals surface area contributed by atoms with Crippen LogP contribution in [0, 0.1) is 0 Å². The first-order chi connectivity index (χ1) is 8.24. The van der Waals surface area contributed by atoms with Crippen LogP contribution in [0.25, 0.3) is 0 Å². The fraction of sp³-hybridized carbons (Fsp3) is 0.538. The molecule has 0 spiro atoms. The van der Waals surface area contributed by atoms with E-state index in [0.29, 0.717) is 12.6 Å². The number of ether oxygens (including phenoxy) is 2. The zero-order chi connectivity index (χ0) is 12.3. The second-order valence-electron chi connectivity index (χ2n) is 4.31. The van der Waals surface area contributed by atoms with Crippen LogP contribution in [-0.4, -0.2) is 19.8 Å². The number of benzene rings is 1. The molecule has 0 amide bonds. The molecule has 0 aromatic heterocycles. The Hall–Kier alpha value is -0.740. The predicted octanol–water partition coefficient (Wildman–Crippen LogP) is 2.89. The summed E-state index contributed by atoms with van der Waals surface area (Å²) >= 11 is 3.48. The molecule has 0 bridgehead atoms. The minimum absolute atomic E-state index is 0.349. The van der Waals surface area contributed by atoms with E-state index in [2.05, 4.69) is 22.0 Å². The minimum atomic E-state index is 0.349. The van der Waals surface area contributed by atoms with Crippen LogP contribution in [-0.2, 0) is 6.42 Å². The van der Waals surface area contributed by atoms with Gasteiger partial charge in [0.25, 0.3) is 0 Å².